The molecule has 8 heteroatoms. The number of fused-ring (bicyclic) bond motifs is 1. The molecule has 0 spiro atoms. The summed E-state index contributed by atoms with van der Waals surface area (Å²) in [4.78, 5) is 24.3. The van der Waals surface area contributed by atoms with Gasteiger partial charge in [0, 0.05) is 10.9 Å². The van der Waals surface area contributed by atoms with E-state index in [2.05, 4.69) is 5.43 Å². The van der Waals surface area contributed by atoms with Crippen LogP contribution in [0.5, 0.6) is 11.5 Å². The van der Waals surface area contributed by atoms with E-state index in [1.54, 1.807) is 24.3 Å². The molecule has 0 saturated carbocycles. The predicted octanol–water partition coefficient (Wildman–Crippen LogP) is 3.67. The van der Waals surface area contributed by atoms with E-state index in [0.717, 1.165) is 0 Å². The lowest BCUT2D eigenvalue weighted by Crippen LogP contribution is -2.30. The molecule has 0 aromatic heterocycles. The molecule has 0 radical (unpaired) electrons. The molecule has 0 atom stereocenters. The molecule has 1 amide bonds. The molecule has 0 unspecified atom stereocenters. The third-order valence-corrected chi connectivity index (χ3v) is 4.29. The van der Waals surface area contributed by atoms with E-state index in [1.165, 1.54) is 24.3 Å². The van der Waals surface area contributed by atoms with Crippen molar-refractivity contribution >= 4 is 45.9 Å². The number of esters is 1. The first-order valence-corrected chi connectivity index (χ1v) is 8.11. The molecule has 0 aliphatic heterocycles. The van der Waals surface area contributed by atoms with Crippen molar-refractivity contribution in [3.63, 3.8) is 0 Å². The monoisotopic (exact) mass is 390 g/mol. The van der Waals surface area contributed by atoms with Gasteiger partial charge in [-0.2, -0.15) is 0 Å². The Balaban J connectivity index is 2.02. The summed E-state index contributed by atoms with van der Waals surface area (Å²) in [5, 5.41) is 10.6. The molecule has 0 aliphatic carbocycles. The fourth-order valence-electron chi connectivity index (χ4n) is 2.48. The molecular weight excluding hydrogens is 379 g/mol. The summed E-state index contributed by atoms with van der Waals surface area (Å²) in [6.07, 6.45) is 0. The number of nitrogens with two attached hydrogens (primary N) is 1. The number of hydrogen-bond donors (Lipinski definition) is 3. The maximum Gasteiger partial charge on any atom is 0.343 e. The molecule has 0 aliphatic rings. The number of phenolic OH excluding ortho intramolecular Hbond substituents is 1. The average Bonchev–Trinajstić information content (AvgIpc) is 2.65. The Morgan fingerprint density at radius 1 is 1.00 bits per heavy atom. The van der Waals surface area contributed by atoms with Crippen molar-refractivity contribution in [1.29, 1.82) is 0 Å². The van der Waals surface area contributed by atoms with Crippen molar-refractivity contribution in [2.45, 2.75) is 0 Å². The number of carbonyl (C=O) groups excluding carboxylic acids is 2. The van der Waals surface area contributed by atoms with Gasteiger partial charge in [0.25, 0.3) is 5.91 Å². The fourth-order valence-corrected chi connectivity index (χ4v) is 2.97. The number of ether oxygens (including phenoxy) is 1. The largest absolute Gasteiger partial charge is 0.505 e. The zero-order chi connectivity index (χ0) is 18.8. The van der Waals surface area contributed by atoms with Gasteiger partial charge in [0.15, 0.2) is 5.75 Å². The summed E-state index contributed by atoms with van der Waals surface area (Å²) < 4.78 is 5.43. The van der Waals surface area contributed by atoms with Crippen molar-refractivity contribution in [2.24, 2.45) is 5.84 Å². The van der Waals surface area contributed by atoms with Crippen LogP contribution in [0.3, 0.4) is 0 Å². The first kappa shape index (κ1) is 18.0. The number of nitrogens with one attached hydrogen (secondary N) is 1. The number of carbonyl (C=O) groups is 2. The first-order valence-electron chi connectivity index (χ1n) is 7.35. The molecule has 0 bridgehead atoms. The van der Waals surface area contributed by atoms with Gasteiger partial charge in [0.1, 0.15) is 5.75 Å². The van der Waals surface area contributed by atoms with Gasteiger partial charge in [-0.3, -0.25) is 10.2 Å². The predicted molar refractivity (Wildman–Crippen MR) is 98.7 cm³/mol. The summed E-state index contributed by atoms with van der Waals surface area (Å²) in [7, 11) is 0. The molecule has 0 heterocycles. The molecule has 132 valence electrons. The van der Waals surface area contributed by atoms with E-state index >= 15 is 0 Å². The van der Waals surface area contributed by atoms with Gasteiger partial charge >= 0.3 is 5.97 Å². The molecule has 4 N–H and O–H groups in total. The van der Waals surface area contributed by atoms with E-state index in [4.69, 9.17) is 33.8 Å². The Morgan fingerprint density at radius 3 is 2.23 bits per heavy atom. The normalized spacial score (nSPS) is 10.6. The van der Waals surface area contributed by atoms with Crippen molar-refractivity contribution in [2.75, 3.05) is 0 Å². The Morgan fingerprint density at radius 2 is 1.62 bits per heavy atom. The minimum absolute atomic E-state index is 0.0655. The van der Waals surface area contributed by atoms with Gasteiger partial charge in [0.2, 0.25) is 0 Å². The van der Waals surface area contributed by atoms with E-state index in [9.17, 15) is 14.7 Å². The van der Waals surface area contributed by atoms with Crippen LogP contribution in [0.4, 0.5) is 0 Å². The molecule has 6 nitrogen and oxygen atoms in total. The number of hydrazine groups is 1. The topological polar surface area (TPSA) is 102 Å². The first-order chi connectivity index (χ1) is 12.4. The van der Waals surface area contributed by atoms with Crippen LogP contribution in [0.25, 0.3) is 10.8 Å². The van der Waals surface area contributed by atoms with Gasteiger partial charge in [-0.05, 0) is 29.7 Å². The van der Waals surface area contributed by atoms with E-state index < -0.39 is 11.9 Å². The number of hydrogen-bond acceptors (Lipinski definition) is 5. The molecule has 26 heavy (non-hydrogen) atoms. The van der Waals surface area contributed by atoms with Gasteiger partial charge in [-0.15, -0.1) is 0 Å². The zero-order valence-corrected chi connectivity index (χ0v) is 14.6. The zero-order valence-electron chi connectivity index (χ0n) is 13.1. The van der Waals surface area contributed by atoms with E-state index in [1.807, 2.05) is 0 Å². The molecule has 0 fully saturated rings. The SMILES string of the molecule is NNC(=O)c1ccc(OC(=O)c2cc(Cl)c(O)c(Cl)c2)c2ccccc12. The average molecular weight is 391 g/mol. The second-order valence-corrected chi connectivity index (χ2v) is 6.12. The second kappa shape index (κ2) is 7.21. The Kier molecular flexibility index (Phi) is 4.99. The molecule has 0 saturated heterocycles. The van der Waals surface area contributed by atoms with E-state index in [0.29, 0.717) is 16.3 Å². The third kappa shape index (κ3) is 3.30. The highest BCUT2D eigenvalue weighted by Gasteiger charge is 2.17. The lowest BCUT2D eigenvalue weighted by molar-refractivity contribution is 0.0737. The molecule has 3 rings (SSSR count). The van der Waals surface area contributed by atoms with E-state index in [-0.39, 0.29) is 27.1 Å². The van der Waals surface area contributed by atoms with Gasteiger partial charge in [-0.1, -0.05) is 47.5 Å². The number of nitrogen functional groups attached to an aromatic ring is 1. The smallest absolute Gasteiger partial charge is 0.343 e. The summed E-state index contributed by atoms with van der Waals surface area (Å²) in [6.45, 7) is 0. The van der Waals surface area contributed by atoms with Crippen LogP contribution in [0.1, 0.15) is 20.7 Å². The molecule has 3 aromatic carbocycles. The number of rotatable bonds is 3. The summed E-state index contributed by atoms with van der Waals surface area (Å²) >= 11 is 11.7. The molecule has 3 aromatic rings. The lowest BCUT2D eigenvalue weighted by atomic mass is 10.0. The third-order valence-electron chi connectivity index (χ3n) is 3.72. The Bertz CT molecular complexity index is 1010. The summed E-state index contributed by atoms with van der Waals surface area (Å²) in [5.74, 6) is 3.96. The van der Waals surface area contributed by atoms with Crippen LogP contribution in [0, 0.1) is 0 Å². The van der Waals surface area contributed by atoms with Crippen molar-refractivity contribution < 1.29 is 19.4 Å². The second-order valence-electron chi connectivity index (χ2n) is 5.31. The van der Waals surface area contributed by atoms with Crippen molar-refractivity contribution in [3.05, 3.63) is 69.7 Å². The maximum atomic E-state index is 12.4. The Hall–Kier alpha value is -2.80. The van der Waals surface area contributed by atoms with Crippen molar-refractivity contribution in [3.8, 4) is 11.5 Å². The minimum Gasteiger partial charge on any atom is -0.505 e. The van der Waals surface area contributed by atoms with Crippen LogP contribution in [0.15, 0.2) is 48.5 Å². The molecular formula is C18H12Cl2N2O4. The van der Waals surface area contributed by atoms with Crippen LogP contribution < -0.4 is 16.0 Å². The van der Waals surface area contributed by atoms with Gasteiger partial charge in [0.05, 0.1) is 15.6 Å². The summed E-state index contributed by atoms with van der Waals surface area (Å²) in [6, 6.07) is 12.4. The van der Waals surface area contributed by atoms with Crippen LogP contribution in [0.2, 0.25) is 10.0 Å². The lowest BCUT2D eigenvalue weighted by Gasteiger charge is -2.11. The number of amides is 1. The maximum absolute atomic E-state index is 12.4. The van der Waals surface area contributed by atoms with Gasteiger partial charge in [-0.25, -0.2) is 10.6 Å². The van der Waals surface area contributed by atoms with Crippen molar-refractivity contribution in [1.82, 2.24) is 5.43 Å². The summed E-state index contributed by atoms with van der Waals surface area (Å²) in [5.41, 5.74) is 2.50. The fraction of sp³-hybridized carbons (Fsp3) is 0. The number of halogens is 2. The van der Waals surface area contributed by atoms with Crippen LogP contribution >= 0.6 is 23.2 Å². The standard InChI is InChI=1S/C18H12Cl2N2O4/c19-13-7-9(8-14(20)16(13)23)18(25)26-15-6-5-12(17(24)22-21)10-3-1-2-4-11(10)15/h1-8,23H,21H2,(H,22,24). The Labute approximate surface area is 158 Å². The number of benzene rings is 3. The van der Waals surface area contributed by atoms with Crippen LogP contribution in [-0.4, -0.2) is 17.0 Å². The highest BCUT2D eigenvalue weighted by atomic mass is 35.5. The highest BCUT2D eigenvalue weighted by molar-refractivity contribution is 6.37. The van der Waals surface area contributed by atoms with Crippen LogP contribution in [-0.2, 0) is 0 Å². The highest BCUT2D eigenvalue weighted by Crippen LogP contribution is 2.34. The quantitative estimate of drug-likeness (QED) is 0.208. The number of aromatic hydroxyl groups is 1. The van der Waals surface area contributed by atoms with Gasteiger partial charge < -0.3 is 9.84 Å². The minimum atomic E-state index is -0.713. The number of phenols is 1.